The van der Waals surface area contributed by atoms with E-state index in [0.29, 0.717) is 6.61 Å². The molecule has 0 aliphatic carbocycles. The lowest BCUT2D eigenvalue weighted by molar-refractivity contribution is -0.137. The van der Waals surface area contributed by atoms with Crippen LogP contribution in [0.3, 0.4) is 0 Å². The Kier molecular flexibility index (Phi) is 10.8. The third-order valence-electron chi connectivity index (χ3n) is 1.71. The van der Waals surface area contributed by atoms with Crippen molar-refractivity contribution in [3.05, 3.63) is 36.0 Å². The second-order valence-electron chi connectivity index (χ2n) is 3.27. The van der Waals surface area contributed by atoms with Gasteiger partial charge in [-0.25, -0.2) is 14.4 Å². The van der Waals surface area contributed by atoms with Gasteiger partial charge in [-0.3, -0.25) is 0 Å². The molecular formula is C13H18O6. The molecule has 0 aliphatic rings. The molecule has 0 amide bonds. The summed E-state index contributed by atoms with van der Waals surface area (Å²) >= 11 is 0. The fourth-order valence-electron chi connectivity index (χ4n) is 0.594. The van der Waals surface area contributed by atoms with Crippen LogP contribution in [0, 0.1) is 0 Å². The number of hydrogen-bond acceptors (Lipinski definition) is 4. The third kappa shape index (κ3) is 11.9. The quantitative estimate of drug-likeness (QED) is 0.448. The van der Waals surface area contributed by atoms with Crippen LogP contribution < -0.4 is 0 Å². The fraction of sp³-hybridized carbons (Fsp3) is 0.308. The summed E-state index contributed by atoms with van der Waals surface area (Å²) in [7, 11) is 0. The number of carboxylic acids is 2. The van der Waals surface area contributed by atoms with E-state index in [9.17, 15) is 14.4 Å². The van der Waals surface area contributed by atoms with Crippen molar-refractivity contribution in [3.63, 3.8) is 0 Å². The maximum Gasteiger partial charge on any atom is 0.331 e. The van der Waals surface area contributed by atoms with Gasteiger partial charge in [0.05, 0.1) is 6.61 Å². The first-order chi connectivity index (χ1) is 8.76. The summed E-state index contributed by atoms with van der Waals surface area (Å²) in [6.45, 7) is 8.17. The molecule has 0 fully saturated rings. The van der Waals surface area contributed by atoms with E-state index < -0.39 is 11.9 Å². The Morgan fingerprint density at radius 3 is 1.58 bits per heavy atom. The van der Waals surface area contributed by atoms with E-state index in [2.05, 4.69) is 11.3 Å². The highest BCUT2D eigenvalue weighted by atomic mass is 16.5. The van der Waals surface area contributed by atoms with Crippen LogP contribution in [-0.2, 0) is 19.1 Å². The van der Waals surface area contributed by atoms with Crippen LogP contribution in [0.1, 0.15) is 20.8 Å². The van der Waals surface area contributed by atoms with Gasteiger partial charge in [0.25, 0.3) is 0 Å². The van der Waals surface area contributed by atoms with Crippen LogP contribution >= 0.6 is 0 Å². The van der Waals surface area contributed by atoms with Crippen LogP contribution in [-0.4, -0.2) is 34.7 Å². The van der Waals surface area contributed by atoms with Gasteiger partial charge < -0.3 is 14.9 Å². The molecule has 0 spiro atoms. The SMILES string of the molecule is C=CC(=O)OCC.CC(=CC=C(C)C(=O)O)C(=O)O. The first-order valence-corrected chi connectivity index (χ1v) is 5.37. The van der Waals surface area contributed by atoms with Crippen molar-refractivity contribution in [2.45, 2.75) is 20.8 Å². The molecule has 6 heteroatoms. The third-order valence-corrected chi connectivity index (χ3v) is 1.71. The Morgan fingerprint density at radius 1 is 1.05 bits per heavy atom. The first-order valence-electron chi connectivity index (χ1n) is 5.37. The number of rotatable bonds is 5. The van der Waals surface area contributed by atoms with Gasteiger partial charge in [0.2, 0.25) is 0 Å². The van der Waals surface area contributed by atoms with Gasteiger partial charge in [-0.1, -0.05) is 18.7 Å². The van der Waals surface area contributed by atoms with Crippen molar-refractivity contribution in [2.75, 3.05) is 6.61 Å². The summed E-state index contributed by atoms with van der Waals surface area (Å²) in [5.74, 6) is -2.46. The van der Waals surface area contributed by atoms with E-state index >= 15 is 0 Å². The minimum absolute atomic E-state index is 0.107. The Morgan fingerprint density at radius 2 is 1.42 bits per heavy atom. The zero-order chi connectivity index (χ0) is 15.4. The van der Waals surface area contributed by atoms with Crippen LogP contribution in [0.25, 0.3) is 0 Å². The van der Waals surface area contributed by atoms with Gasteiger partial charge in [0.15, 0.2) is 0 Å². The van der Waals surface area contributed by atoms with Crippen molar-refractivity contribution in [1.29, 1.82) is 0 Å². The number of carbonyl (C=O) groups is 3. The summed E-state index contributed by atoms with van der Waals surface area (Å²) < 4.78 is 4.43. The molecule has 2 N–H and O–H groups in total. The summed E-state index contributed by atoms with van der Waals surface area (Å²) in [4.78, 5) is 30.5. The summed E-state index contributed by atoms with van der Waals surface area (Å²) in [5, 5.41) is 16.8. The van der Waals surface area contributed by atoms with Crippen molar-refractivity contribution >= 4 is 17.9 Å². The van der Waals surface area contributed by atoms with Crippen molar-refractivity contribution in [3.8, 4) is 0 Å². The molecule has 0 bridgehead atoms. The number of ether oxygens (including phenoxy) is 1. The van der Waals surface area contributed by atoms with Gasteiger partial charge in [-0.15, -0.1) is 0 Å². The number of hydrogen-bond donors (Lipinski definition) is 2. The predicted octanol–water partition coefficient (Wildman–Crippen LogP) is 1.78. The molecule has 0 unspecified atom stereocenters. The Labute approximate surface area is 111 Å². The molecule has 0 atom stereocenters. The van der Waals surface area contributed by atoms with Gasteiger partial charge in [-0.05, 0) is 20.8 Å². The minimum atomic E-state index is -1.05. The highest BCUT2D eigenvalue weighted by Gasteiger charge is 1.99. The molecule has 0 heterocycles. The average molecular weight is 270 g/mol. The van der Waals surface area contributed by atoms with E-state index in [1.807, 2.05) is 0 Å². The van der Waals surface area contributed by atoms with E-state index in [0.717, 1.165) is 6.08 Å². The molecule has 0 radical (unpaired) electrons. The van der Waals surface area contributed by atoms with Crippen molar-refractivity contribution in [1.82, 2.24) is 0 Å². The lowest BCUT2D eigenvalue weighted by Crippen LogP contribution is -1.97. The molecule has 0 aliphatic heterocycles. The van der Waals surface area contributed by atoms with E-state index in [-0.39, 0.29) is 17.1 Å². The molecule has 6 nitrogen and oxygen atoms in total. The molecular weight excluding hydrogens is 252 g/mol. The smallest absolute Gasteiger partial charge is 0.331 e. The molecule has 106 valence electrons. The van der Waals surface area contributed by atoms with Crippen molar-refractivity contribution < 1.29 is 29.3 Å². The molecule has 0 aromatic rings. The zero-order valence-electron chi connectivity index (χ0n) is 11.2. The lowest BCUT2D eigenvalue weighted by Gasteiger charge is -1.90. The minimum Gasteiger partial charge on any atom is -0.478 e. The van der Waals surface area contributed by atoms with E-state index in [1.54, 1.807) is 6.92 Å². The van der Waals surface area contributed by atoms with Gasteiger partial charge in [0.1, 0.15) is 0 Å². The van der Waals surface area contributed by atoms with Crippen molar-refractivity contribution in [2.24, 2.45) is 0 Å². The lowest BCUT2D eigenvalue weighted by atomic mass is 10.2. The Bertz CT molecular complexity index is 375. The average Bonchev–Trinajstić information content (AvgIpc) is 2.35. The van der Waals surface area contributed by atoms with Gasteiger partial charge in [0, 0.05) is 17.2 Å². The number of carbonyl (C=O) groups excluding carboxylic acids is 1. The number of aliphatic carboxylic acids is 2. The summed E-state index contributed by atoms with van der Waals surface area (Å²) in [6, 6.07) is 0. The highest BCUT2D eigenvalue weighted by molar-refractivity contribution is 5.88. The normalized spacial score (nSPS) is 10.9. The van der Waals surface area contributed by atoms with E-state index in [4.69, 9.17) is 10.2 Å². The topological polar surface area (TPSA) is 101 Å². The van der Waals surface area contributed by atoms with Crippen LogP contribution in [0.15, 0.2) is 36.0 Å². The summed E-state index contributed by atoms with van der Waals surface area (Å²) in [6.07, 6.45) is 3.65. The Balaban J connectivity index is 0. The standard InChI is InChI=1S/C8H10O4.C5H8O2/c1-5(7(9)10)3-4-6(2)8(11)12;1-3-5(6)7-4-2/h3-4H,1-2H3,(H,9,10)(H,11,12);3H,1,4H2,2H3. The number of allylic oxidation sites excluding steroid dienone is 2. The van der Waals surface area contributed by atoms with Crippen LogP contribution in [0.2, 0.25) is 0 Å². The van der Waals surface area contributed by atoms with E-state index in [1.165, 1.54) is 26.0 Å². The van der Waals surface area contributed by atoms with Crippen LogP contribution in [0.4, 0.5) is 0 Å². The van der Waals surface area contributed by atoms with Crippen LogP contribution in [0.5, 0.6) is 0 Å². The largest absolute Gasteiger partial charge is 0.478 e. The second kappa shape index (κ2) is 10.8. The zero-order valence-corrected chi connectivity index (χ0v) is 11.2. The van der Waals surface area contributed by atoms with Gasteiger partial charge >= 0.3 is 17.9 Å². The molecule has 0 saturated heterocycles. The fourth-order valence-corrected chi connectivity index (χ4v) is 0.594. The predicted molar refractivity (Wildman–Crippen MR) is 69.6 cm³/mol. The molecule has 0 aromatic heterocycles. The maximum atomic E-state index is 10.2. The number of carboxylic acid groups (broad SMARTS) is 2. The van der Waals surface area contributed by atoms with Gasteiger partial charge in [-0.2, -0.15) is 0 Å². The second-order valence-corrected chi connectivity index (χ2v) is 3.27. The molecule has 19 heavy (non-hydrogen) atoms. The Hall–Kier alpha value is -2.37. The molecule has 0 aromatic carbocycles. The summed E-state index contributed by atoms with van der Waals surface area (Å²) in [5.41, 5.74) is 0.214. The number of esters is 1. The molecule has 0 saturated carbocycles. The molecule has 0 rings (SSSR count). The maximum absolute atomic E-state index is 10.2. The first kappa shape index (κ1) is 19.0. The monoisotopic (exact) mass is 270 g/mol. The highest BCUT2D eigenvalue weighted by Crippen LogP contribution is 1.97.